The molecule has 0 heterocycles. The minimum atomic E-state index is -3.56. The average Bonchev–Trinajstić information content (AvgIpc) is 2.77. The Morgan fingerprint density at radius 3 is 2.37 bits per heavy atom. The van der Waals surface area contributed by atoms with Gasteiger partial charge in [0.15, 0.2) is 0 Å². The van der Waals surface area contributed by atoms with Gasteiger partial charge in [0, 0.05) is 36.1 Å². The monoisotopic (exact) mass is 541 g/mol. The largest absolute Gasteiger partial charge is 0.355 e. The van der Waals surface area contributed by atoms with Gasteiger partial charge < -0.3 is 10.2 Å². The molecule has 0 aliphatic carbocycles. The summed E-state index contributed by atoms with van der Waals surface area (Å²) < 4.78 is 26.4. The molecule has 35 heavy (non-hydrogen) atoms. The van der Waals surface area contributed by atoms with Crippen molar-refractivity contribution in [3.63, 3.8) is 0 Å². The Morgan fingerprint density at radius 2 is 1.77 bits per heavy atom. The summed E-state index contributed by atoms with van der Waals surface area (Å²) >= 11 is 12.3. The first-order valence-electron chi connectivity index (χ1n) is 11.4. The summed E-state index contributed by atoms with van der Waals surface area (Å²) in [4.78, 5) is 27.3. The van der Waals surface area contributed by atoms with E-state index in [1.165, 1.54) is 9.21 Å². The summed E-state index contributed by atoms with van der Waals surface area (Å²) in [6.45, 7) is 7.91. The van der Waals surface area contributed by atoms with E-state index in [1.807, 2.05) is 32.0 Å². The first-order valence-corrected chi connectivity index (χ1v) is 14.0. The number of aryl methyl sites for hydroxylation is 2. The van der Waals surface area contributed by atoms with Crippen LogP contribution in [0.15, 0.2) is 36.4 Å². The highest BCUT2D eigenvalue weighted by atomic mass is 35.5. The molecule has 0 spiro atoms. The van der Waals surface area contributed by atoms with Crippen molar-refractivity contribution in [2.75, 3.05) is 23.7 Å². The molecule has 0 fully saturated rings. The maximum absolute atomic E-state index is 13.3. The smallest absolute Gasteiger partial charge is 0.242 e. The molecule has 192 valence electrons. The lowest BCUT2D eigenvalue weighted by molar-refractivity contribution is -0.140. The molecule has 7 nitrogen and oxygen atoms in total. The summed E-state index contributed by atoms with van der Waals surface area (Å²) in [5.41, 5.74) is 3.03. The molecule has 0 aliphatic heterocycles. The molecule has 1 unspecified atom stereocenters. The highest BCUT2D eigenvalue weighted by molar-refractivity contribution is 7.92. The van der Waals surface area contributed by atoms with Gasteiger partial charge in [-0.3, -0.25) is 13.9 Å². The predicted octanol–water partition coefficient (Wildman–Crippen LogP) is 4.71. The second kappa shape index (κ2) is 12.6. The lowest BCUT2D eigenvalue weighted by Gasteiger charge is -2.30. The topological polar surface area (TPSA) is 86.8 Å². The fourth-order valence-electron chi connectivity index (χ4n) is 3.71. The van der Waals surface area contributed by atoms with Gasteiger partial charge in [-0.1, -0.05) is 41.4 Å². The number of anilines is 1. The fourth-order valence-corrected chi connectivity index (χ4v) is 5.19. The third-order valence-corrected chi connectivity index (χ3v) is 7.43. The average molecular weight is 543 g/mol. The number of nitrogens with zero attached hydrogens (tertiary/aromatic N) is 2. The second-order valence-electron chi connectivity index (χ2n) is 8.56. The van der Waals surface area contributed by atoms with E-state index < -0.39 is 16.1 Å². The van der Waals surface area contributed by atoms with Crippen LogP contribution >= 0.6 is 23.2 Å². The number of carbonyl (C=O) groups excluding carboxylic acids is 2. The molecule has 2 amide bonds. The van der Waals surface area contributed by atoms with Gasteiger partial charge in [0.2, 0.25) is 21.8 Å². The standard InChI is InChI=1S/C25H33Cl2N3O4S/c1-6-28-25(32)19(4)29(16-20-11-12-21(26)15-22(20)27)24(31)8-7-13-30(35(5,33)34)23-14-17(2)9-10-18(23)3/h9-12,14-15,19H,6-8,13,16H2,1-5H3,(H,28,32). The van der Waals surface area contributed by atoms with Crippen LogP contribution in [0.4, 0.5) is 5.69 Å². The molecule has 0 saturated heterocycles. The number of nitrogens with one attached hydrogen (secondary N) is 1. The predicted molar refractivity (Wildman–Crippen MR) is 142 cm³/mol. The quantitative estimate of drug-likeness (QED) is 0.446. The van der Waals surface area contributed by atoms with E-state index in [9.17, 15) is 18.0 Å². The Bertz CT molecular complexity index is 1170. The van der Waals surface area contributed by atoms with Crippen LogP contribution in [0.1, 0.15) is 43.4 Å². The molecule has 0 saturated carbocycles. The van der Waals surface area contributed by atoms with Crippen molar-refractivity contribution in [3.05, 3.63) is 63.1 Å². The van der Waals surface area contributed by atoms with Crippen LogP contribution in [0.5, 0.6) is 0 Å². The van der Waals surface area contributed by atoms with Crippen LogP contribution in [0, 0.1) is 13.8 Å². The molecule has 2 rings (SSSR count). The maximum Gasteiger partial charge on any atom is 0.242 e. The molecule has 10 heteroatoms. The summed E-state index contributed by atoms with van der Waals surface area (Å²) in [6, 6.07) is 9.87. The van der Waals surface area contributed by atoms with Gasteiger partial charge >= 0.3 is 0 Å². The summed E-state index contributed by atoms with van der Waals surface area (Å²) in [5, 5.41) is 3.62. The van der Waals surface area contributed by atoms with Crippen molar-refractivity contribution < 1.29 is 18.0 Å². The Kier molecular flexibility index (Phi) is 10.4. The lowest BCUT2D eigenvalue weighted by Crippen LogP contribution is -2.47. The zero-order valence-corrected chi connectivity index (χ0v) is 23.1. The molecule has 0 aromatic heterocycles. The summed E-state index contributed by atoms with van der Waals surface area (Å²) in [5.74, 6) is -0.553. The normalized spacial score (nSPS) is 12.2. The Balaban J connectivity index is 2.22. The van der Waals surface area contributed by atoms with Gasteiger partial charge in [0.05, 0.1) is 11.9 Å². The van der Waals surface area contributed by atoms with Crippen molar-refractivity contribution in [2.24, 2.45) is 0 Å². The van der Waals surface area contributed by atoms with Crippen LogP contribution in [0.25, 0.3) is 0 Å². The van der Waals surface area contributed by atoms with Crippen molar-refractivity contribution >= 4 is 50.7 Å². The zero-order valence-electron chi connectivity index (χ0n) is 20.8. The number of benzene rings is 2. The fraction of sp³-hybridized carbons (Fsp3) is 0.440. The van der Waals surface area contributed by atoms with Gasteiger partial charge in [-0.25, -0.2) is 8.42 Å². The van der Waals surface area contributed by atoms with E-state index >= 15 is 0 Å². The van der Waals surface area contributed by atoms with E-state index in [0.29, 0.717) is 27.8 Å². The number of likely N-dealkylation sites (N-methyl/N-ethyl adjacent to an activating group) is 1. The number of hydrogen-bond donors (Lipinski definition) is 1. The van der Waals surface area contributed by atoms with Crippen LogP contribution in [0.3, 0.4) is 0 Å². The number of carbonyl (C=O) groups is 2. The molecule has 1 atom stereocenters. The minimum absolute atomic E-state index is 0.0613. The van der Waals surface area contributed by atoms with Crippen LogP contribution < -0.4 is 9.62 Å². The van der Waals surface area contributed by atoms with E-state index in [-0.39, 0.29) is 37.7 Å². The number of hydrogen-bond acceptors (Lipinski definition) is 4. The third kappa shape index (κ3) is 8.12. The van der Waals surface area contributed by atoms with Gasteiger partial charge in [-0.15, -0.1) is 0 Å². The number of sulfonamides is 1. The molecular formula is C25H33Cl2N3O4S. The minimum Gasteiger partial charge on any atom is -0.355 e. The van der Waals surface area contributed by atoms with E-state index in [1.54, 1.807) is 32.0 Å². The summed E-state index contributed by atoms with van der Waals surface area (Å²) in [6.07, 6.45) is 1.50. The van der Waals surface area contributed by atoms with Crippen molar-refractivity contribution in [3.8, 4) is 0 Å². The molecule has 2 aromatic rings. The number of amides is 2. The molecule has 0 radical (unpaired) electrons. The number of halogens is 2. The van der Waals surface area contributed by atoms with E-state index in [0.717, 1.165) is 17.4 Å². The van der Waals surface area contributed by atoms with Crippen molar-refractivity contribution in [1.82, 2.24) is 10.2 Å². The van der Waals surface area contributed by atoms with E-state index in [4.69, 9.17) is 23.2 Å². The Labute approximate surface area is 218 Å². The first-order chi connectivity index (χ1) is 16.3. The van der Waals surface area contributed by atoms with Gasteiger partial charge in [0.25, 0.3) is 0 Å². The molecule has 1 N–H and O–H groups in total. The Morgan fingerprint density at radius 1 is 1.09 bits per heavy atom. The molecule has 2 aromatic carbocycles. The zero-order chi connectivity index (χ0) is 26.3. The second-order valence-corrected chi connectivity index (χ2v) is 11.3. The lowest BCUT2D eigenvalue weighted by atomic mass is 10.1. The van der Waals surface area contributed by atoms with Crippen LogP contribution in [-0.2, 0) is 26.2 Å². The van der Waals surface area contributed by atoms with Crippen molar-refractivity contribution in [2.45, 2.75) is 53.1 Å². The van der Waals surface area contributed by atoms with Gasteiger partial charge in [-0.2, -0.15) is 0 Å². The highest BCUT2D eigenvalue weighted by Gasteiger charge is 2.27. The highest BCUT2D eigenvalue weighted by Crippen LogP contribution is 2.26. The van der Waals surface area contributed by atoms with Crippen LogP contribution in [-0.4, -0.2) is 50.5 Å². The molecular weight excluding hydrogens is 509 g/mol. The van der Waals surface area contributed by atoms with E-state index in [2.05, 4.69) is 5.32 Å². The van der Waals surface area contributed by atoms with Crippen molar-refractivity contribution in [1.29, 1.82) is 0 Å². The number of rotatable bonds is 11. The van der Waals surface area contributed by atoms with Gasteiger partial charge in [-0.05, 0) is 69.0 Å². The maximum atomic E-state index is 13.3. The Hall–Kier alpha value is -2.29. The molecule has 0 aliphatic rings. The third-order valence-electron chi connectivity index (χ3n) is 5.66. The SMILES string of the molecule is CCNC(=O)C(C)N(Cc1ccc(Cl)cc1Cl)C(=O)CCCN(c1cc(C)ccc1C)S(C)(=O)=O. The summed E-state index contributed by atoms with van der Waals surface area (Å²) in [7, 11) is -3.56. The van der Waals surface area contributed by atoms with Gasteiger partial charge in [0.1, 0.15) is 6.04 Å². The molecule has 0 bridgehead atoms. The first kappa shape index (κ1) is 28.9. The van der Waals surface area contributed by atoms with Crippen LogP contribution in [0.2, 0.25) is 10.0 Å².